The monoisotopic (exact) mass is 427 g/mol. The molecular formula is C19H26FN3O5S. The van der Waals surface area contributed by atoms with Crippen LogP contribution in [0.1, 0.15) is 19.3 Å². The van der Waals surface area contributed by atoms with E-state index < -0.39 is 15.8 Å². The standard InChI is InChI=1S/C19H26FN3O5S/c1-27-16-3-2-14(20)10-17(16)29(25,26)22-7-4-15(5-8-22)23-11-18(24)21-12-19(23)6-9-28-13-19/h2-3,10,15H,4-9,11-13H2,1H3,(H,21,24). The number of piperazine rings is 1. The highest BCUT2D eigenvalue weighted by atomic mass is 32.2. The third-order valence-electron chi connectivity index (χ3n) is 6.23. The first kappa shape index (κ1) is 20.5. The summed E-state index contributed by atoms with van der Waals surface area (Å²) in [6, 6.07) is 3.60. The van der Waals surface area contributed by atoms with Gasteiger partial charge in [-0.25, -0.2) is 12.8 Å². The summed E-state index contributed by atoms with van der Waals surface area (Å²) >= 11 is 0. The Morgan fingerprint density at radius 3 is 2.72 bits per heavy atom. The number of methoxy groups -OCH3 is 1. The van der Waals surface area contributed by atoms with E-state index >= 15 is 0 Å². The van der Waals surface area contributed by atoms with E-state index in [0.29, 0.717) is 52.2 Å². The van der Waals surface area contributed by atoms with Gasteiger partial charge in [-0.1, -0.05) is 0 Å². The van der Waals surface area contributed by atoms with Crippen molar-refractivity contribution in [1.29, 1.82) is 0 Å². The molecule has 1 N–H and O–H groups in total. The van der Waals surface area contributed by atoms with Crippen molar-refractivity contribution in [2.24, 2.45) is 0 Å². The Labute approximate surface area is 170 Å². The fourth-order valence-corrected chi connectivity index (χ4v) is 6.24. The van der Waals surface area contributed by atoms with Gasteiger partial charge >= 0.3 is 0 Å². The summed E-state index contributed by atoms with van der Waals surface area (Å²) in [6.07, 6.45) is 2.06. The van der Waals surface area contributed by atoms with Crippen molar-refractivity contribution in [2.45, 2.75) is 35.7 Å². The lowest BCUT2D eigenvalue weighted by Crippen LogP contribution is -2.67. The van der Waals surface area contributed by atoms with E-state index in [-0.39, 0.29) is 28.1 Å². The van der Waals surface area contributed by atoms with Gasteiger partial charge in [0.2, 0.25) is 15.9 Å². The summed E-state index contributed by atoms with van der Waals surface area (Å²) in [4.78, 5) is 14.1. The van der Waals surface area contributed by atoms with Crippen molar-refractivity contribution in [3.63, 3.8) is 0 Å². The average molecular weight is 427 g/mol. The van der Waals surface area contributed by atoms with Crippen LogP contribution in [-0.4, -0.2) is 81.6 Å². The molecule has 1 aromatic carbocycles. The SMILES string of the molecule is COc1ccc(F)cc1S(=O)(=O)N1CCC(N2CC(=O)NCC23CCOC3)CC1. The average Bonchev–Trinajstić information content (AvgIpc) is 3.19. The van der Waals surface area contributed by atoms with Crippen molar-refractivity contribution >= 4 is 15.9 Å². The van der Waals surface area contributed by atoms with Gasteiger partial charge in [-0.05, 0) is 37.5 Å². The third-order valence-corrected chi connectivity index (χ3v) is 8.15. The van der Waals surface area contributed by atoms with Gasteiger partial charge in [0, 0.05) is 32.3 Å². The molecule has 10 heteroatoms. The van der Waals surface area contributed by atoms with Crippen LogP contribution in [0.5, 0.6) is 5.75 Å². The van der Waals surface area contributed by atoms with Crippen molar-refractivity contribution in [3.8, 4) is 5.75 Å². The molecule has 0 saturated carbocycles. The molecule has 29 heavy (non-hydrogen) atoms. The lowest BCUT2D eigenvalue weighted by Gasteiger charge is -2.49. The van der Waals surface area contributed by atoms with Crippen molar-refractivity contribution in [1.82, 2.24) is 14.5 Å². The number of hydrogen-bond donors (Lipinski definition) is 1. The van der Waals surface area contributed by atoms with Crippen LogP contribution in [0.4, 0.5) is 4.39 Å². The maximum absolute atomic E-state index is 13.7. The van der Waals surface area contributed by atoms with Crippen LogP contribution in [0, 0.1) is 5.82 Å². The number of rotatable bonds is 4. The summed E-state index contributed by atoms with van der Waals surface area (Å²) in [6.45, 7) is 2.72. The van der Waals surface area contributed by atoms with Gasteiger partial charge in [-0.2, -0.15) is 4.31 Å². The minimum atomic E-state index is -3.87. The van der Waals surface area contributed by atoms with E-state index in [1.807, 2.05) is 0 Å². The van der Waals surface area contributed by atoms with Crippen LogP contribution in [0.3, 0.4) is 0 Å². The lowest BCUT2D eigenvalue weighted by atomic mass is 9.89. The predicted molar refractivity (Wildman–Crippen MR) is 103 cm³/mol. The molecule has 1 aromatic rings. The maximum Gasteiger partial charge on any atom is 0.246 e. The third kappa shape index (κ3) is 3.74. The Hall–Kier alpha value is -1.75. The van der Waals surface area contributed by atoms with Crippen LogP contribution >= 0.6 is 0 Å². The largest absolute Gasteiger partial charge is 0.495 e. The number of ether oxygens (including phenoxy) is 2. The second-order valence-corrected chi connectivity index (χ2v) is 9.77. The van der Waals surface area contributed by atoms with Crippen molar-refractivity contribution in [3.05, 3.63) is 24.0 Å². The molecule has 0 radical (unpaired) electrons. The predicted octanol–water partition coefficient (Wildman–Crippen LogP) is 0.578. The number of hydrogen-bond acceptors (Lipinski definition) is 6. The second kappa shape index (κ2) is 7.82. The number of carbonyl (C=O) groups excluding carboxylic acids is 1. The molecule has 1 amide bonds. The van der Waals surface area contributed by atoms with Gasteiger partial charge < -0.3 is 14.8 Å². The number of sulfonamides is 1. The van der Waals surface area contributed by atoms with Gasteiger partial charge in [0.15, 0.2) is 0 Å². The van der Waals surface area contributed by atoms with Gasteiger partial charge in [0.25, 0.3) is 0 Å². The van der Waals surface area contributed by atoms with E-state index in [2.05, 4.69) is 10.2 Å². The summed E-state index contributed by atoms with van der Waals surface area (Å²) in [7, 11) is -2.51. The number of piperidine rings is 1. The molecule has 0 aromatic heterocycles. The molecule has 3 aliphatic heterocycles. The topological polar surface area (TPSA) is 88.2 Å². The Morgan fingerprint density at radius 2 is 2.07 bits per heavy atom. The molecular weight excluding hydrogens is 401 g/mol. The number of nitrogens with zero attached hydrogens (tertiary/aromatic N) is 2. The Bertz CT molecular complexity index is 880. The quantitative estimate of drug-likeness (QED) is 0.756. The van der Waals surface area contributed by atoms with Crippen LogP contribution in [-0.2, 0) is 19.6 Å². The number of benzene rings is 1. The van der Waals surface area contributed by atoms with Crippen LogP contribution < -0.4 is 10.1 Å². The van der Waals surface area contributed by atoms with Crippen LogP contribution in [0.2, 0.25) is 0 Å². The van der Waals surface area contributed by atoms with Gasteiger partial charge in [-0.15, -0.1) is 0 Å². The molecule has 3 saturated heterocycles. The molecule has 3 heterocycles. The van der Waals surface area contributed by atoms with Gasteiger partial charge in [-0.3, -0.25) is 9.69 Å². The molecule has 3 aliphatic rings. The number of amides is 1. The fraction of sp³-hybridized carbons (Fsp3) is 0.632. The molecule has 0 bridgehead atoms. The summed E-state index contributed by atoms with van der Waals surface area (Å²) in [5.74, 6) is -0.507. The molecule has 0 aliphatic carbocycles. The van der Waals surface area contributed by atoms with Gasteiger partial charge in [0.05, 0.1) is 25.8 Å². The van der Waals surface area contributed by atoms with E-state index in [1.165, 1.54) is 23.5 Å². The lowest BCUT2D eigenvalue weighted by molar-refractivity contribution is -0.131. The first-order valence-corrected chi connectivity index (χ1v) is 11.2. The molecule has 160 valence electrons. The highest BCUT2D eigenvalue weighted by molar-refractivity contribution is 7.89. The first-order chi connectivity index (χ1) is 13.9. The Morgan fingerprint density at radius 1 is 1.31 bits per heavy atom. The van der Waals surface area contributed by atoms with E-state index in [0.717, 1.165) is 12.5 Å². The highest BCUT2D eigenvalue weighted by Gasteiger charge is 2.48. The zero-order valence-electron chi connectivity index (χ0n) is 16.4. The smallest absolute Gasteiger partial charge is 0.246 e. The van der Waals surface area contributed by atoms with E-state index in [1.54, 1.807) is 0 Å². The second-order valence-electron chi connectivity index (χ2n) is 7.86. The van der Waals surface area contributed by atoms with Crippen LogP contribution in [0.15, 0.2) is 23.1 Å². The molecule has 1 spiro atoms. The van der Waals surface area contributed by atoms with E-state index in [4.69, 9.17) is 9.47 Å². The normalized spacial score (nSPS) is 27.3. The minimum Gasteiger partial charge on any atom is -0.495 e. The molecule has 1 unspecified atom stereocenters. The molecule has 4 rings (SSSR count). The summed E-state index contributed by atoms with van der Waals surface area (Å²) in [5.41, 5.74) is -0.203. The zero-order valence-corrected chi connectivity index (χ0v) is 17.2. The number of halogens is 1. The maximum atomic E-state index is 13.7. The van der Waals surface area contributed by atoms with Gasteiger partial charge in [0.1, 0.15) is 16.5 Å². The van der Waals surface area contributed by atoms with Crippen molar-refractivity contribution in [2.75, 3.05) is 46.5 Å². The number of carbonyl (C=O) groups is 1. The Balaban J connectivity index is 1.50. The van der Waals surface area contributed by atoms with Crippen molar-refractivity contribution < 1.29 is 27.1 Å². The fourth-order valence-electron chi connectivity index (χ4n) is 4.61. The summed E-state index contributed by atoms with van der Waals surface area (Å²) < 4.78 is 52.0. The molecule has 8 nitrogen and oxygen atoms in total. The van der Waals surface area contributed by atoms with Crippen LogP contribution in [0.25, 0.3) is 0 Å². The minimum absolute atomic E-state index is 0.0120. The number of nitrogens with one attached hydrogen (secondary N) is 1. The molecule has 3 fully saturated rings. The first-order valence-electron chi connectivity index (χ1n) is 9.81. The summed E-state index contributed by atoms with van der Waals surface area (Å²) in [5, 5.41) is 2.94. The highest BCUT2D eigenvalue weighted by Crippen LogP contribution is 2.35. The zero-order chi connectivity index (χ0) is 20.6. The Kier molecular flexibility index (Phi) is 5.54. The molecule has 1 atom stereocenters. The van der Waals surface area contributed by atoms with E-state index in [9.17, 15) is 17.6 Å².